The zero-order chi connectivity index (χ0) is 33.9. The predicted octanol–water partition coefficient (Wildman–Crippen LogP) is 12.9. The third-order valence-electron chi connectivity index (χ3n) is 11.2. The van der Waals surface area contributed by atoms with Crippen LogP contribution >= 0.6 is 0 Å². The van der Waals surface area contributed by atoms with E-state index in [4.69, 9.17) is 4.98 Å². The number of benzene rings is 8. The van der Waals surface area contributed by atoms with Crippen LogP contribution in [0, 0.1) is 0 Å². The summed E-state index contributed by atoms with van der Waals surface area (Å²) >= 11 is 0. The Balaban J connectivity index is 1.04. The Hall–Kier alpha value is -6.97. The van der Waals surface area contributed by atoms with Crippen LogP contribution in [0.3, 0.4) is 0 Å². The van der Waals surface area contributed by atoms with Gasteiger partial charge in [-0.3, -0.25) is 4.57 Å². The molecule has 52 heavy (non-hydrogen) atoms. The van der Waals surface area contributed by atoms with Gasteiger partial charge in [0.1, 0.15) is 5.82 Å². The summed E-state index contributed by atoms with van der Waals surface area (Å²) in [6.07, 6.45) is 0. The smallest absolute Gasteiger partial charge is 0.138 e. The second kappa shape index (κ2) is 10.3. The highest BCUT2D eigenvalue weighted by Crippen LogP contribution is 2.47. The van der Waals surface area contributed by atoms with Crippen molar-refractivity contribution in [1.82, 2.24) is 14.1 Å². The number of hydrogen-bond donors (Lipinski definition) is 0. The Bertz CT molecular complexity index is 3290. The van der Waals surface area contributed by atoms with E-state index in [0.29, 0.717) is 0 Å². The molecule has 0 N–H and O–H groups in total. The van der Waals surface area contributed by atoms with Gasteiger partial charge in [-0.2, -0.15) is 0 Å². The fourth-order valence-corrected chi connectivity index (χ4v) is 8.90. The van der Waals surface area contributed by atoms with Crippen LogP contribution in [0.4, 0.5) is 0 Å². The van der Waals surface area contributed by atoms with E-state index >= 15 is 0 Å². The number of rotatable bonds is 3. The standard InChI is InChI=1S/C49H29N3/c1-2-12-35(13-3-1)51-43-19-8-6-16-38(43)42-27-34-25-30(21-22-32(34)28-46(42)51)31-23-24-45-41(26-31)37-15-7-9-20-44(37)52(45)47-29-33-11-10-18-39-36-14-4-5-17-40(36)49(50-47)48(33)39/h1-29H. The summed E-state index contributed by atoms with van der Waals surface area (Å²) in [7, 11) is 0. The van der Waals surface area contributed by atoms with Crippen LogP contribution in [-0.4, -0.2) is 14.1 Å². The van der Waals surface area contributed by atoms with Crippen LogP contribution in [-0.2, 0) is 0 Å². The van der Waals surface area contributed by atoms with Gasteiger partial charge in [-0.25, -0.2) is 4.98 Å². The molecule has 3 aromatic heterocycles. The molecular formula is C49H29N3. The van der Waals surface area contributed by atoms with Crippen molar-refractivity contribution in [2.45, 2.75) is 0 Å². The molecule has 0 radical (unpaired) electrons. The maximum absolute atomic E-state index is 5.40. The highest BCUT2D eigenvalue weighted by molar-refractivity contribution is 6.16. The fourth-order valence-electron chi connectivity index (χ4n) is 8.90. The summed E-state index contributed by atoms with van der Waals surface area (Å²) in [4.78, 5) is 5.40. The Morgan fingerprint density at radius 3 is 1.85 bits per heavy atom. The van der Waals surface area contributed by atoms with Crippen LogP contribution in [0.1, 0.15) is 0 Å². The second-order valence-corrected chi connectivity index (χ2v) is 14.0. The van der Waals surface area contributed by atoms with Gasteiger partial charge < -0.3 is 4.57 Å². The third-order valence-corrected chi connectivity index (χ3v) is 11.2. The van der Waals surface area contributed by atoms with E-state index < -0.39 is 0 Å². The SMILES string of the molecule is c1ccc(-n2c3ccccc3c3cc4cc(-c5ccc6c(c5)c5ccccc5n6-c5cc6cccc7c6c(n5)-c5ccccc5-7)ccc4cc32)cc1. The summed E-state index contributed by atoms with van der Waals surface area (Å²) in [6.45, 7) is 0. The van der Waals surface area contributed by atoms with Gasteiger partial charge in [-0.15, -0.1) is 0 Å². The molecule has 3 heteroatoms. The van der Waals surface area contributed by atoms with Crippen LogP contribution < -0.4 is 0 Å². The van der Waals surface area contributed by atoms with Gasteiger partial charge in [-0.05, 0) is 99.1 Å². The largest absolute Gasteiger partial charge is 0.309 e. The molecule has 8 aromatic carbocycles. The molecule has 0 saturated carbocycles. The molecule has 11 aromatic rings. The molecule has 0 amide bonds. The average Bonchev–Trinajstić information content (AvgIpc) is 3.83. The normalized spacial score (nSPS) is 12.2. The second-order valence-electron chi connectivity index (χ2n) is 14.0. The lowest BCUT2D eigenvalue weighted by molar-refractivity contribution is 1.09. The highest BCUT2D eigenvalue weighted by Gasteiger charge is 2.24. The van der Waals surface area contributed by atoms with E-state index in [2.05, 4.69) is 185 Å². The van der Waals surface area contributed by atoms with Crippen molar-refractivity contribution in [3.8, 4) is 45.0 Å². The summed E-state index contributed by atoms with van der Waals surface area (Å²) in [5.41, 5.74) is 13.2. The van der Waals surface area contributed by atoms with Crippen molar-refractivity contribution in [1.29, 1.82) is 0 Å². The molecule has 0 fully saturated rings. The molecule has 0 saturated heterocycles. The molecule has 0 atom stereocenters. The first kappa shape index (κ1) is 27.8. The molecule has 0 spiro atoms. The molecule has 3 heterocycles. The molecule has 12 rings (SSSR count). The number of nitrogens with zero attached hydrogens (tertiary/aromatic N) is 3. The summed E-state index contributed by atoms with van der Waals surface area (Å²) in [6, 6.07) is 64.2. The van der Waals surface area contributed by atoms with Crippen molar-refractivity contribution >= 4 is 65.2 Å². The molecular weight excluding hydrogens is 631 g/mol. The number of para-hydroxylation sites is 3. The van der Waals surface area contributed by atoms with Crippen molar-refractivity contribution < 1.29 is 0 Å². The zero-order valence-electron chi connectivity index (χ0n) is 28.1. The summed E-state index contributed by atoms with van der Waals surface area (Å²) in [5, 5.41) is 9.91. The van der Waals surface area contributed by atoms with E-state index in [1.54, 1.807) is 0 Å². The zero-order valence-corrected chi connectivity index (χ0v) is 28.1. The Labute approximate surface area is 299 Å². The lowest BCUT2D eigenvalue weighted by atomic mass is 9.98. The third kappa shape index (κ3) is 3.77. The van der Waals surface area contributed by atoms with Gasteiger partial charge in [0, 0.05) is 38.2 Å². The molecule has 0 aliphatic heterocycles. The summed E-state index contributed by atoms with van der Waals surface area (Å²) < 4.78 is 4.73. The minimum atomic E-state index is 0.944. The quantitative estimate of drug-likeness (QED) is 0.185. The number of aromatic nitrogens is 3. The van der Waals surface area contributed by atoms with Gasteiger partial charge in [0.15, 0.2) is 0 Å². The maximum atomic E-state index is 5.40. The molecule has 0 unspecified atom stereocenters. The van der Waals surface area contributed by atoms with Crippen molar-refractivity contribution in [3.63, 3.8) is 0 Å². The lowest BCUT2D eigenvalue weighted by Gasteiger charge is -2.11. The Morgan fingerprint density at radius 2 is 1.00 bits per heavy atom. The Morgan fingerprint density at radius 1 is 0.346 bits per heavy atom. The van der Waals surface area contributed by atoms with E-state index in [1.165, 1.54) is 87.6 Å². The van der Waals surface area contributed by atoms with Crippen LogP contribution in [0.2, 0.25) is 0 Å². The summed E-state index contributed by atoms with van der Waals surface area (Å²) in [5.74, 6) is 0.944. The van der Waals surface area contributed by atoms with Crippen molar-refractivity contribution in [3.05, 3.63) is 176 Å². The minimum Gasteiger partial charge on any atom is -0.309 e. The van der Waals surface area contributed by atoms with E-state index in [1.807, 2.05) is 0 Å². The highest BCUT2D eigenvalue weighted by atomic mass is 15.1. The minimum absolute atomic E-state index is 0.944. The topological polar surface area (TPSA) is 22.8 Å². The first-order valence-corrected chi connectivity index (χ1v) is 17.9. The van der Waals surface area contributed by atoms with Crippen molar-refractivity contribution in [2.75, 3.05) is 0 Å². The first-order valence-electron chi connectivity index (χ1n) is 17.9. The van der Waals surface area contributed by atoms with E-state index in [9.17, 15) is 0 Å². The molecule has 240 valence electrons. The van der Waals surface area contributed by atoms with Crippen LogP contribution in [0.5, 0.6) is 0 Å². The number of fused-ring (bicyclic) bond motifs is 10. The van der Waals surface area contributed by atoms with Crippen LogP contribution in [0.25, 0.3) is 110 Å². The Kier molecular flexibility index (Phi) is 5.50. The molecule has 1 aliphatic rings. The van der Waals surface area contributed by atoms with Crippen LogP contribution in [0.15, 0.2) is 176 Å². The number of pyridine rings is 1. The van der Waals surface area contributed by atoms with Gasteiger partial charge >= 0.3 is 0 Å². The molecule has 3 nitrogen and oxygen atoms in total. The molecule has 1 aliphatic carbocycles. The average molecular weight is 660 g/mol. The van der Waals surface area contributed by atoms with Gasteiger partial charge in [0.05, 0.1) is 27.8 Å². The van der Waals surface area contributed by atoms with E-state index in [-0.39, 0.29) is 0 Å². The van der Waals surface area contributed by atoms with Gasteiger partial charge in [0.25, 0.3) is 0 Å². The van der Waals surface area contributed by atoms with E-state index in [0.717, 1.165) is 22.5 Å². The molecule has 0 bridgehead atoms. The fraction of sp³-hybridized carbons (Fsp3) is 0. The first-order chi connectivity index (χ1) is 25.8. The maximum Gasteiger partial charge on any atom is 0.138 e. The van der Waals surface area contributed by atoms with Gasteiger partial charge in [0.2, 0.25) is 0 Å². The monoisotopic (exact) mass is 659 g/mol. The van der Waals surface area contributed by atoms with Gasteiger partial charge in [-0.1, -0.05) is 115 Å². The van der Waals surface area contributed by atoms with Crippen molar-refractivity contribution in [2.24, 2.45) is 0 Å². The lowest BCUT2D eigenvalue weighted by Crippen LogP contribution is -1.98. The predicted molar refractivity (Wildman–Crippen MR) is 218 cm³/mol. The number of hydrogen-bond acceptors (Lipinski definition) is 1.